The first-order valence-corrected chi connectivity index (χ1v) is 5.79. The van der Waals surface area contributed by atoms with Crippen LogP contribution in [0.1, 0.15) is 12.5 Å². The zero-order valence-corrected chi connectivity index (χ0v) is 9.64. The van der Waals surface area contributed by atoms with Crippen LogP contribution in [0.3, 0.4) is 0 Å². The molecule has 0 saturated carbocycles. The van der Waals surface area contributed by atoms with Crippen LogP contribution >= 0.6 is 11.3 Å². The maximum Gasteiger partial charge on any atom is 0.222 e. The van der Waals surface area contributed by atoms with E-state index in [1.165, 1.54) is 10.4 Å². The summed E-state index contributed by atoms with van der Waals surface area (Å²) >= 11 is 1.72. The molecule has 78 valence electrons. The number of aromatic nitrogens is 2. The van der Waals surface area contributed by atoms with Crippen molar-refractivity contribution in [1.29, 1.82) is 0 Å². The molecule has 0 saturated heterocycles. The van der Waals surface area contributed by atoms with E-state index in [9.17, 15) is 0 Å². The number of thiophene rings is 1. The molecule has 1 N–H and O–H groups in total. The van der Waals surface area contributed by atoms with Gasteiger partial charge < -0.3 is 5.32 Å². The Balaban J connectivity index is 2.28. The fourth-order valence-corrected chi connectivity index (χ4v) is 2.27. The third kappa shape index (κ3) is 2.15. The van der Waals surface area contributed by atoms with Crippen molar-refractivity contribution in [3.8, 4) is 10.4 Å². The molecule has 0 spiro atoms. The number of nitrogens with zero attached hydrogens (tertiary/aromatic N) is 2. The van der Waals surface area contributed by atoms with E-state index in [0.29, 0.717) is 5.95 Å². The molecule has 3 nitrogen and oxygen atoms in total. The zero-order chi connectivity index (χ0) is 10.7. The van der Waals surface area contributed by atoms with Gasteiger partial charge in [-0.15, -0.1) is 11.3 Å². The average Bonchev–Trinajstić information content (AvgIpc) is 2.66. The minimum atomic E-state index is 0.690. The van der Waals surface area contributed by atoms with Gasteiger partial charge in [0.2, 0.25) is 5.95 Å². The normalized spacial score (nSPS) is 10.3. The van der Waals surface area contributed by atoms with Gasteiger partial charge in [-0.25, -0.2) is 9.97 Å². The highest BCUT2D eigenvalue weighted by Crippen LogP contribution is 2.27. The van der Waals surface area contributed by atoms with E-state index in [1.807, 2.05) is 19.3 Å². The van der Waals surface area contributed by atoms with Gasteiger partial charge in [0.05, 0.1) is 0 Å². The Morgan fingerprint density at radius 1 is 1.33 bits per heavy atom. The fourth-order valence-electron chi connectivity index (χ4n) is 1.36. The molecule has 2 rings (SSSR count). The van der Waals surface area contributed by atoms with Gasteiger partial charge in [-0.2, -0.15) is 0 Å². The van der Waals surface area contributed by atoms with Crippen LogP contribution < -0.4 is 5.32 Å². The molecule has 2 heterocycles. The molecule has 0 radical (unpaired) electrons. The van der Waals surface area contributed by atoms with E-state index in [-0.39, 0.29) is 0 Å². The van der Waals surface area contributed by atoms with Crippen LogP contribution in [-0.2, 0) is 0 Å². The molecule has 15 heavy (non-hydrogen) atoms. The molecule has 0 aliphatic carbocycles. The van der Waals surface area contributed by atoms with Gasteiger partial charge >= 0.3 is 0 Å². The summed E-state index contributed by atoms with van der Waals surface area (Å²) in [4.78, 5) is 9.75. The number of nitrogens with one attached hydrogen (secondary N) is 1. The van der Waals surface area contributed by atoms with E-state index in [2.05, 4.69) is 33.7 Å². The first kappa shape index (κ1) is 10.1. The Labute approximate surface area is 93.2 Å². The van der Waals surface area contributed by atoms with Crippen LogP contribution in [0.15, 0.2) is 23.8 Å². The quantitative estimate of drug-likeness (QED) is 0.862. The molecule has 0 fully saturated rings. The zero-order valence-electron chi connectivity index (χ0n) is 8.82. The highest BCUT2D eigenvalue weighted by Gasteiger charge is 2.04. The molecule has 2 aromatic heterocycles. The van der Waals surface area contributed by atoms with Gasteiger partial charge in [-0.3, -0.25) is 0 Å². The van der Waals surface area contributed by atoms with Crippen molar-refractivity contribution in [3.63, 3.8) is 0 Å². The molecular weight excluding hydrogens is 206 g/mol. The maximum absolute atomic E-state index is 4.25. The van der Waals surface area contributed by atoms with Crippen molar-refractivity contribution in [2.24, 2.45) is 0 Å². The topological polar surface area (TPSA) is 37.8 Å². The molecule has 4 heteroatoms. The van der Waals surface area contributed by atoms with Crippen LogP contribution in [0.4, 0.5) is 5.95 Å². The predicted molar refractivity (Wildman–Crippen MR) is 64.2 cm³/mol. The van der Waals surface area contributed by atoms with E-state index in [1.54, 1.807) is 11.3 Å². The molecule has 0 atom stereocenters. The SMILES string of the molecule is CCNc1ncc(-c2sccc2C)cn1. The summed E-state index contributed by atoms with van der Waals surface area (Å²) in [5.74, 6) is 0.690. The van der Waals surface area contributed by atoms with Crippen molar-refractivity contribution in [2.45, 2.75) is 13.8 Å². The summed E-state index contributed by atoms with van der Waals surface area (Å²) in [7, 11) is 0. The summed E-state index contributed by atoms with van der Waals surface area (Å²) in [6.07, 6.45) is 3.73. The average molecular weight is 219 g/mol. The third-order valence-electron chi connectivity index (χ3n) is 2.11. The maximum atomic E-state index is 4.25. The molecular formula is C11H13N3S. The lowest BCUT2D eigenvalue weighted by Gasteiger charge is -2.02. The summed E-state index contributed by atoms with van der Waals surface area (Å²) in [6, 6.07) is 2.11. The smallest absolute Gasteiger partial charge is 0.222 e. The van der Waals surface area contributed by atoms with Gasteiger partial charge in [0.1, 0.15) is 0 Å². The molecule has 0 aliphatic heterocycles. The number of anilines is 1. The van der Waals surface area contributed by atoms with E-state index >= 15 is 0 Å². The number of hydrogen-bond donors (Lipinski definition) is 1. The second-order valence-corrected chi connectivity index (χ2v) is 4.17. The molecule has 0 amide bonds. The molecule has 0 aliphatic rings. The summed E-state index contributed by atoms with van der Waals surface area (Å²) in [6.45, 7) is 4.97. The van der Waals surface area contributed by atoms with Crippen molar-refractivity contribution >= 4 is 17.3 Å². The van der Waals surface area contributed by atoms with Gasteiger partial charge in [0, 0.05) is 29.4 Å². The van der Waals surface area contributed by atoms with E-state index in [0.717, 1.165) is 12.1 Å². The van der Waals surface area contributed by atoms with Crippen molar-refractivity contribution in [3.05, 3.63) is 29.4 Å². The van der Waals surface area contributed by atoms with Gasteiger partial charge in [-0.05, 0) is 30.9 Å². The lowest BCUT2D eigenvalue weighted by Crippen LogP contribution is -2.01. The highest BCUT2D eigenvalue weighted by molar-refractivity contribution is 7.13. The van der Waals surface area contributed by atoms with Crippen LogP contribution in [0, 0.1) is 6.92 Å². The number of rotatable bonds is 3. The first-order valence-electron chi connectivity index (χ1n) is 4.91. The highest BCUT2D eigenvalue weighted by atomic mass is 32.1. The van der Waals surface area contributed by atoms with E-state index < -0.39 is 0 Å². The number of hydrogen-bond acceptors (Lipinski definition) is 4. The van der Waals surface area contributed by atoms with E-state index in [4.69, 9.17) is 0 Å². The van der Waals surface area contributed by atoms with Crippen molar-refractivity contribution < 1.29 is 0 Å². The van der Waals surface area contributed by atoms with Crippen LogP contribution in [0.2, 0.25) is 0 Å². The van der Waals surface area contributed by atoms with Crippen LogP contribution in [-0.4, -0.2) is 16.5 Å². The minimum Gasteiger partial charge on any atom is -0.355 e. The number of aryl methyl sites for hydroxylation is 1. The fraction of sp³-hybridized carbons (Fsp3) is 0.273. The van der Waals surface area contributed by atoms with Gasteiger partial charge in [0.15, 0.2) is 0 Å². The monoisotopic (exact) mass is 219 g/mol. The van der Waals surface area contributed by atoms with Crippen molar-refractivity contribution in [1.82, 2.24) is 9.97 Å². The summed E-state index contributed by atoms with van der Waals surface area (Å²) in [5, 5.41) is 5.16. The Bertz CT molecular complexity index is 433. The lowest BCUT2D eigenvalue weighted by atomic mass is 10.2. The second kappa shape index (κ2) is 4.40. The second-order valence-electron chi connectivity index (χ2n) is 3.26. The Morgan fingerprint density at radius 2 is 2.07 bits per heavy atom. The Kier molecular flexibility index (Phi) is 2.97. The summed E-state index contributed by atoms with van der Waals surface area (Å²) < 4.78 is 0. The van der Waals surface area contributed by atoms with Gasteiger partial charge in [0.25, 0.3) is 0 Å². The molecule has 0 aromatic carbocycles. The van der Waals surface area contributed by atoms with Crippen LogP contribution in [0.5, 0.6) is 0 Å². The lowest BCUT2D eigenvalue weighted by molar-refractivity contribution is 1.09. The predicted octanol–water partition coefficient (Wildman–Crippen LogP) is 2.95. The Hall–Kier alpha value is -1.42. The van der Waals surface area contributed by atoms with Crippen molar-refractivity contribution in [2.75, 3.05) is 11.9 Å². The standard InChI is InChI=1S/C11H13N3S/c1-3-12-11-13-6-9(7-14-11)10-8(2)4-5-15-10/h4-7H,3H2,1-2H3,(H,12,13,14). The minimum absolute atomic E-state index is 0.690. The van der Waals surface area contributed by atoms with Gasteiger partial charge in [-0.1, -0.05) is 0 Å². The largest absolute Gasteiger partial charge is 0.355 e. The molecule has 0 bridgehead atoms. The Morgan fingerprint density at radius 3 is 2.60 bits per heavy atom. The third-order valence-corrected chi connectivity index (χ3v) is 3.18. The summed E-state index contributed by atoms with van der Waals surface area (Å²) in [5.41, 5.74) is 2.36. The molecule has 0 unspecified atom stereocenters. The van der Waals surface area contributed by atoms with Crippen LogP contribution in [0.25, 0.3) is 10.4 Å². The first-order chi connectivity index (χ1) is 7.31. The molecule has 2 aromatic rings.